The molecule has 0 spiro atoms. The summed E-state index contributed by atoms with van der Waals surface area (Å²) in [6.07, 6.45) is 9.59. The number of para-hydroxylation sites is 1. The van der Waals surface area contributed by atoms with Gasteiger partial charge in [0.05, 0.1) is 17.8 Å². The first-order chi connectivity index (χ1) is 16.6. The molecule has 5 rings (SSSR count). The van der Waals surface area contributed by atoms with E-state index in [4.69, 9.17) is 0 Å². The van der Waals surface area contributed by atoms with Crippen molar-refractivity contribution < 1.29 is 14.4 Å². The van der Waals surface area contributed by atoms with Gasteiger partial charge in [-0.3, -0.25) is 14.4 Å². The predicted molar refractivity (Wildman–Crippen MR) is 132 cm³/mol. The Kier molecular flexibility index (Phi) is 6.48. The van der Waals surface area contributed by atoms with E-state index < -0.39 is 6.04 Å². The molecule has 0 unspecified atom stereocenters. The third kappa shape index (κ3) is 4.49. The smallest absolute Gasteiger partial charge is 0.256 e. The molecule has 3 amide bonds. The van der Waals surface area contributed by atoms with Gasteiger partial charge in [0.15, 0.2) is 0 Å². The largest absolute Gasteiger partial charge is 0.352 e. The average molecular weight is 458 g/mol. The van der Waals surface area contributed by atoms with E-state index in [1.165, 1.54) is 18.4 Å². The summed E-state index contributed by atoms with van der Waals surface area (Å²) in [6.45, 7) is 1.64. The van der Waals surface area contributed by atoms with Crippen LogP contribution in [-0.4, -0.2) is 41.8 Å². The molecule has 6 heteroatoms. The monoisotopic (exact) mass is 457 g/mol. The number of nitrogens with one attached hydrogen (secondary N) is 1. The van der Waals surface area contributed by atoms with E-state index in [1.807, 2.05) is 42.5 Å². The molecular weight excluding hydrogens is 426 g/mol. The summed E-state index contributed by atoms with van der Waals surface area (Å²) in [5.41, 5.74) is 4.21. The molecule has 0 radical (unpaired) electrons. The van der Waals surface area contributed by atoms with Gasteiger partial charge in [-0.1, -0.05) is 35.9 Å². The second-order valence-corrected chi connectivity index (χ2v) is 9.41. The predicted octanol–water partition coefficient (Wildman–Crippen LogP) is 4.46. The van der Waals surface area contributed by atoms with E-state index in [9.17, 15) is 14.4 Å². The number of amides is 3. The lowest BCUT2D eigenvalue weighted by atomic mass is 9.97. The number of carbonyl (C=O) groups is 3. The van der Waals surface area contributed by atoms with Gasteiger partial charge in [-0.25, -0.2) is 0 Å². The van der Waals surface area contributed by atoms with Crippen LogP contribution < -0.4 is 10.2 Å². The number of rotatable bonds is 6. The summed E-state index contributed by atoms with van der Waals surface area (Å²) in [5.74, 6) is -0.175. The normalized spacial score (nSPS) is 19.9. The molecule has 1 fully saturated rings. The van der Waals surface area contributed by atoms with Gasteiger partial charge in [0.2, 0.25) is 5.91 Å². The maximum absolute atomic E-state index is 13.4. The quantitative estimate of drug-likeness (QED) is 0.651. The molecule has 6 nitrogen and oxygen atoms in total. The number of benzene rings is 2. The van der Waals surface area contributed by atoms with E-state index >= 15 is 0 Å². The molecule has 2 aliphatic heterocycles. The van der Waals surface area contributed by atoms with Crippen molar-refractivity contribution in [2.45, 2.75) is 57.5 Å². The third-order valence-electron chi connectivity index (χ3n) is 7.16. The van der Waals surface area contributed by atoms with Crippen LogP contribution in [0.2, 0.25) is 0 Å². The summed E-state index contributed by atoms with van der Waals surface area (Å²) in [4.78, 5) is 42.5. The van der Waals surface area contributed by atoms with Crippen LogP contribution in [0.15, 0.2) is 60.2 Å². The zero-order valence-electron chi connectivity index (χ0n) is 19.5. The van der Waals surface area contributed by atoms with Crippen molar-refractivity contribution in [3.05, 3.63) is 76.9 Å². The van der Waals surface area contributed by atoms with Crippen LogP contribution in [-0.2, 0) is 11.3 Å². The van der Waals surface area contributed by atoms with Gasteiger partial charge in [-0.05, 0) is 74.8 Å². The number of carbonyl (C=O) groups excluding carboxylic acids is 3. The van der Waals surface area contributed by atoms with Crippen molar-refractivity contribution in [2.75, 3.05) is 18.0 Å². The molecule has 1 N–H and O–H groups in total. The standard InChI is InChI=1S/C28H31N3O3/c32-26(29-17-16-20-7-2-1-3-8-20)22-14-12-21(13-15-22)19-31-24-10-5-4-9-23(24)27(33)30-18-6-11-25(30)28(31)34/h4-5,7,9-10,12-15,25H,1-3,6,8,11,16-19H2,(H,29,32)/t25-/m1/s1. The van der Waals surface area contributed by atoms with Crippen molar-refractivity contribution in [1.29, 1.82) is 0 Å². The number of hydrogen-bond donors (Lipinski definition) is 1. The Bertz CT molecular complexity index is 1120. The minimum atomic E-state index is -0.399. The zero-order chi connectivity index (χ0) is 23.5. The van der Waals surface area contributed by atoms with Gasteiger partial charge in [-0.2, -0.15) is 0 Å². The first-order valence-electron chi connectivity index (χ1n) is 12.4. The lowest BCUT2D eigenvalue weighted by molar-refractivity contribution is -0.122. The maximum atomic E-state index is 13.4. The molecule has 2 aromatic rings. The number of nitrogens with zero attached hydrogens (tertiary/aromatic N) is 2. The molecule has 34 heavy (non-hydrogen) atoms. The topological polar surface area (TPSA) is 69.7 Å². The van der Waals surface area contributed by atoms with Crippen molar-refractivity contribution in [3.8, 4) is 0 Å². The molecule has 1 saturated heterocycles. The van der Waals surface area contributed by atoms with Crippen molar-refractivity contribution in [3.63, 3.8) is 0 Å². The zero-order valence-corrected chi connectivity index (χ0v) is 19.5. The average Bonchev–Trinajstić information content (AvgIpc) is 3.35. The SMILES string of the molecule is O=C(NCCC1=CCCCC1)c1ccc(CN2C(=O)[C@H]3CCCN3C(=O)c3ccccc32)cc1. The fourth-order valence-electron chi connectivity index (χ4n) is 5.29. The molecule has 3 aliphatic rings. The number of fused-ring (bicyclic) bond motifs is 2. The maximum Gasteiger partial charge on any atom is 0.256 e. The van der Waals surface area contributed by atoms with Crippen LogP contribution in [0.25, 0.3) is 0 Å². The molecule has 1 atom stereocenters. The molecule has 0 saturated carbocycles. The molecule has 1 aliphatic carbocycles. The summed E-state index contributed by atoms with van der Waals surface area (Å²) < 4.78 is 0. The molecule has 2 heterocycles. The van der Waals surface area contributed by atoms with Gasteiger partial charge >= 0.3 is 0 Å². The van der Waals surface area contributed by atoms with E-state index in [0.29, 0.717) is 42.9 Å². The molecular formula is C28H31N3O3. The third-order valence-corrected chi connectivity index (χ3v) is 7.16. The minimum Gasteiger partial charge on any atom is -0.352 e. The highest BCUT2D eigenvalue weighted by molar-refractivity contribution is 6.11. The Hall–Kier alpha value is -3.41. The summed E-state index contributed by atoms with van der Waals surface area (Å²) in [5, 5.41) is 3.02. The molecule has 2 aromatic carbocycles. The van der Waals surface area contributed by atoms with E-state index in [2.05, 4.69) is 11.4 Å². The van der Waals surface area contributed by atoms with Crippen LogP contribution in [0.5, 0.6) is 0 Å². The second kappa shape index (κ2) is 9.84. The highest BCUT2D eigenvalue weighted by atomic mass is 16.2. The van der Waals surface area contributed by atoms with Gasteiger partial charge in [-0.15, -0.1) is 0 Å². The van der Waals surface area contributed by atoms with Crippen LogP contribution >= 0.6 is 0 Å². The summed E-state index contributed by atoms with van der Waals surface area (Å²) in [6, 6.07) is 14.4. The highest BCUT2D eigenvalue weighted by Crippen LogP contribution is 2.33. The Morgan fingerprint density at radius 2 is 1.82 bits per heavy atom. The van der Waals surface area contributed by atoms with E-state index in [1.54, 1.807) is 15.9 Å². The lowest BCUT2D eigenvalue weighted by Crippen LogP contribution is -2.44. The Morgan fingerprint density at radius 3 is 2.62 bits per heavy atom. The lowest BCUT2D eigenvalue weighted by Gasteiger charge is -2.26. The molecule has 0 bridgehead atoms. The first kappa shape index (κ1) is 22.4. The Morgan fingerprint density at radius 1 is 1.00 bits per heavy atom. The van der Waals surface area contributed by atoms with Gasteiger partial charge in [0, 0.05) is 18.7 Å². The minimum absolute atomic E-state index is 0.0327. The van der Waals surface area contributed by atoms with Crippen molar-refractivity contribution in [2.24, 2.45) is 0 Å². The van der Waals surface area contributed by atoms with Crippen LogP contribution in [0.3, 0.4) is 0 Å². The first-order valence-corrected chi connectivity index (χ1v) is 12.4. The highest BCUT2D eigenvalue weighted by Gasteiger charge is 2.41. The van der Waals surface area contributed by atoms with Gasteiger partial charge in [0.1, 0.15) is 6.04 Å². The fourth-order valence-corrected chi connectivity index (χ4v) is 5.29. The number of hydrogen-bond acceptors (Lipinski definition) is 3. The number of anilines is 1. The molecule has 0 aromatic heterocycles. The summed E-state index contributed by atoms with van der Waals surface area (Å²) >= 11 is 0. The summed E-state index contributed by atoms with van der Waals surface area (Å²) in [7, 11) is 0. The van der Waals surface area contributed by atoms with E-state index in [0.717, 1.165) is 31.2 Å². The van der Waals surface area contributed by atoms with Gasteiger partial charge in [0.25, 0.3) is 11.8 Å². The van der Waals surface area contributed by atoms with Crippen LogP contribution in [0, 0.1) is 0 Å². The van der Waals surface area contributed by atoms with E-state index in [-0.39, 0.29) is 17.7 Å². The Balaban J connectivity index is 1.28. The van der Waals surface area contributed by atoms with Crippen LogP contribution in [0.1, 0.15) is 71.2 Å². The Labute approximate surface area is 200 Å². The molecule has 176 valence electrons. The second-order valence-electron chi connectivity index (χ2n) is 9.41. The number of allylic oxidation sites excluding steroid dienone is 1. The van der Waals surface area contributed by atoms with Crippen molar-refractivity contribution >= 4 is 23.4 Å². The van der Waals surface area contributed by atoms with Crippen molar-refractivity contribution in [1.82, 2.24) is 10.2 Å². The van der Waals surface area contributed by atoms with Crippen LogP contribution in [0.4, 0.5) is 5.69 Å². The fraction of sp³-hybridized carbons (Fsp3) is 0.393. The van der Waals surface area contributed by atoms with Gasteiger partial charge < -0.3 is 15.1 Å².